The molecular weight excluding hydrogens is 232 g/mol. The van der Waals surface area contributed by atoms with Crippen LogP contribution < -0.4 is 4.90 Å². The minimum atomic E-state index is -0.0131. The molecule has 0 unspecified atom stereocenters. The Morgan fingerprint density at radius 1 is 1.05 bits per heavy atom. The number of anilines is 1. The van der Waals surface area contributed by atoms with Gasteiger partial charge in [0.15, 0.2) is 0 Å². The van der Waals surface area contributed by atoms with Crippen molar-refractivity contribution in [3.63, 3.8) is 0 Å². The minimum Gasteiger partial charge on any atom is -0.358 e. The van der Waals surface area contributed by atoms with Crippen molar-refractivity contribution in [2.75, 3.05) is 4.90 Å². The summed E-state index contributed by atoms with van der Waals surface area (Å²) in [6, 6.07) is 13.3. The molecule has 2 heterocycles. The van der Waals surface area contributed by atoms with Crippen LogP contribution in [0.4, 0.5) is 5.69 Å². The van der Waals surface area contributed by atoms with Crippen molar-refractivity contribution in [3.8, 4) is 11.3 Å². The first-order valence-electron chi connectivity index (χ1n) is 6.87. The molecule has 0 fully saturated rings. The Morgan fingerprint density at radius 2 is 1.79 bits per heavy atom. The van der Waals surface area contributed by atoms with Crippen LogP contribution in [0.1, 0.15) is 33.3 Å². The minimum absolute atomic E-state index is 0.0131. The van der Waals surface area contributed by atoms with E-state index in [0.29, 0.717) is 6.04 Å². The van der Waals surface area contributed by atoms with Crippen LogP contribution in [0.15, 0.2) is 42.6 Å². The summed E-state index contributed by atoms with van der Waals surface area (Å²) < 4.78 is 0. The van der Waals surface area contributed by atoms with Gasteiger partial charge in [0, 0.05) is 17.8 Å². The fourth-order valence-electron chi connectivity index (χ4n) is 3.38. The lowest BCUT2D eigenvalue weighted by atomic mass is 9.81. The SMILES string of the molecule is CC(C)N1c2cccnc2-c2ccccc2C1(C)C. The zero-order chi connectivity index (χ0) is 13.6. The second-order valence-electron chi connectivity index (χ2n) is 5.94. The van der Waals surface area contributed by atoms with E-state index < -0.39 is 0 Å². The van der Waals surface area contributed by atoms with Crippen LogP contribution in [0.5, 0.6) is 0 Å². The van der Waals surface area contributed by atoms with Gasteiger partial charge < -0.3 is 4.90 Å². The molecule has 0 amide bonds. The number of benzene rings is 1. The highest BCUT2D eigenvalue weighted by molar-refractivity contribution is 5.82. The van der Waals surface area contributed by atoms with Crippen LogP contribution >= 0.6 is 0 Å². The van der Waals surface area contributed by atoms with E-state index in [4.69, 9.17) is 0 Å². The molecule has 2 aromatic rings. The predicted molar refractivity (Wildman–Crippen MR) is 80.3 cm³/mol. The molecule has 19 heavy (non-hydrogen) atoms. The fourth-order valence-corrected chi connectivity index (χ4v) is 3.38. The predicted octanol–water partition coefficient (Wildman–Crippen LogP) is 4.21. The maximum atomic E-state index is 4.62. The van der Waals surface area contributed by atoms with Crippen LogP contribution in [0.2, 0.25) is 0 Å². The van der Waals surface area contributed by atoms with Gasteiger partial charge in [0.2, 0.25) is 0 Å². The van der Waals surface area contributed by atoms with E-state index in [2.05, 4.69) is 67.9 Å². The Kier molecular flexibility index (Phi) is 2.63. The van der Waals surface area contributed by atoms with E-state index in [0.717, 1.165) is 5.69 Å². The smallest absolute Gasteiger partial charge is 0.0939 e. The van der Waals surface area contributed by atoms with E-state index >= 15 is 0 Å². The topological polar surface area (TPSA) is 16.1 Å². The summed E-state index contributed by atoms with van der Waals surface area (Å²) in [5.41, 5.74) is 4.95. The lowest BCUT2D eigenvalue weighted by Gasteiger charge is -2.48. The highest BCUT2D eigenvalue weighted by Crippen LogP contribution is 2.47. The molecule has 0 N–H and O–H groups in total. The average molecular weight is 252 g/mol. The number of hydrogen-bond donors (Lipinski definition) is 0. The van der Waals surface area contributed by atoms with Crippen molar-refractivity contribution >= 4 is 5.69 Å². The summed E-state index contributed by atoms with van der Waals surface area (Å²) in [6.07, 6.45) is 1.88. The average Bonchev–Trinajstić information content (AvgIpc) is 2.38. The maximum absolute atomic E-state index is 4.62. The molecule has 0 saturated carbocycles. The van der Waals surface area contributed by atoms with Gasteiger partial charge in [-0.25, -0.2) is 0 Å². The number of rotatable bonds is 1. The van der Waals surface area contributed by atoms with Gasteiger partial charge in [0.05, 0.1) is 16.9 Å². The van der Waals surface area contributed by atoms with E-state index in [1.807, 2.05) is 12.3 Å². The van der Waals surface area contributed by atoms with Crippen molar-refractivity contribution in [1.82, 2.24) is 4.98 Å². The third-order valence-corrected chi connectivity index (χ3v) is 4.01. The first-order valence-corrected chi connectivity index (χ1v) is 6.87. The molecule has 98 valence electrons. The van der Waals surface area contributed by atoms with E-state index in [1.165, 1.54) is 16.8 Å². The van der Waals surface area contributed by atoms with Crippen molar-refractivity contribution in [1.29, 1.82) is 0 Å². The Bertz CT molecular complexity index is 614. The van der Waals surface area contributed by atoms with Gasteiger partial charge in [0.25, 0.3) is 0 Å². The molecule has 2 nitrogen and oxygen atoms in total. The van der Waals surface area contributed by atoms with Crippen LogP contribution in [-0.4, -0.2) is 11.0 Å². The first kappa shape index (κ1) is 12.2. The van der Waals surface area contributed by atoms with Crippen molar-refractivity contribution in [2.24, 2.45) is 0 Å². The van der Waals surface area contributed by atoms with E-state index in [9.17, 15) is 0 Å². The largest absolute Gasteiger partial charge is 0.358 e. The highest BCUT2D eigenvalue weighted by Gasteiger charge is 2.38. The molecule has 1 aliphatic heterocycles. The zero-order valence-corrected chi connectivity index (χ0v) is 12.0. The van der Waals surface area contributed by atoms with Gasteiger partial charge in [-0.15, -0.1) is 0 Å². The molecular formula is C17H20N2. The molecule has 1 aromatic heterocycles. The fraction of sp³-hybridized carbons (Fsp3) is 0.353. The van der Waals surface area contributed by atoms with Crippen LogP contribution in [0.3, 0.4) is 0 Å². The Balaban J connectivity index is 2.35. The second kappa shape index (κ2) is 4.09. The molecule has 0 bridgehead atoms. The third-order valence-electron chi connectivity index (χ3n) is 4.01. The molecule has 1 aliphatic rings. The summed E-state index contributed by atoms with van der Waals surface area (Å²) in [7, 11) is 0. The van der Waals surface area contributed by atoms with Crippen LogP contribution in [0, 0.1) is 0 Å². The van der Waals surface area contributed by atoms with Crippen molar-refractivity contribution in [3.05, 3.63) is 48.2 Å². The summed E-state index contributed by atoms with van der Waals surface area (Å²) in [6.45, 7) is 9.07. The number of aromatic nitrogens is 1. The number of pyridine rings is 1. The summed E-state index contributed by atoms with van der Waals surface area (Å²) in [5.74, 6) is 0. The van der Waals surface area contributed by atoms with Gasteiger partial charge in [-0.3, -0.25) is 4.98 Å². The number of hydrogen-bond acceptors (Lipinski definition) is 2. The zero-order valence-electron chi connectivity index (χ0n) is 12.0. The summed E-state index contributed by atoms with van der Waals surface area (Å²) >= 11 is 0. The molecule has 0 radical (unpaired) electrons. The van der Waals surface area contributed by atoms with Crippen LogP contribution in [0.25, 0.3) is 11.3 Å². The lowest BCUT2D eigenvalue weighted by Crippen LogP contribution is -2.48. The van der Waals surface area contributed by atoms with Gasteiger partial charge in [-0.05, 0) is 45.4 Å². The first-order chi connectivity index (χ1) is 9.03. The van der Waals surface area contributed by atoms with Crippen molar-refractivity contribution in [2.45, 2.75) is 39.3 Å². The van der Waals surface area contributed by atoms with Gasteiger partial charge in [0.1, 0.15) is 0 Å². The molecule has 3 rings (SSSR count). The van der Waals surface area contributed by atoms with E-state index in [-0.39, 0.29) is 5.54 Å². The number of fused-ring (bicyclic) bond motifs is 3. The Hall–Kier alpha value is -1.83. The highest BCUT2D eigenvalue weighted by atomic mass is 15.2. The standard InChI is InChI=1S/C17H20N2/c1-12(2)19-15-10-7-11-18-16(15)13-8-5-6-9-14(13)17(19,3)4/h5-12H,1-4H3. The molecule has 0 aliphatic carbocycles. The molecule has 1 aromatic carbocycles. The molecule has 0 spiro atoms. The molecule has 0 atom stereocenters. The number of nitrogens with zero attached hydrogens (tertiary/aromatic N) is 2. The normalized spacial score (nSPS) is 16.2. The van der Waals surface area contributed by atoms with Gasteiger partial charge >= 0.3 is 0 Å². The monoisotopic (exact) mass is 252 g/mol. The maximum Gasteiger partial charge on any atom is 0.0939 e. The van der Waals surface area contributed by atoms with E-state index in [1.54, 1.807) is 0 Å². The van der Waals surface area contributed by atoms with Gasteiger partial charge in [-0.1, -0.05) is 24.3 Å². The quantitative estimate of drug-likeness (QED) is 0.755. The summed E-state index contributed by atoms with van der Waals surface area (Å²) in [5, 5.41) is 0. The van der Waals surface area contributed by atoms with Crippen molar-refractivity contribution < 1.29 is 0 Å². The van der Waals surface area contributed by atoms with Crippen LogP contribution in [-0.2, 0) is 5.54 Å². The Morgan fingerprint density at radius 3 is 2.53 bits per heavy atom. The second-order valence-corrected chi connectivity index (χ2v) is 5.94. The third kappa shape index (κ3) is 1.66. The molecule has 2 heteroatoms. The summed E-state index contributed by atoms with van der Waals surface area (Å²) in [4.78, 5) is 7.09. The Labute approximate surface area is 115 Å². The lowest BCUT2D eigenvalue weighted by molar-refractivity contribution is 0.440. The van der Waals surface area contributed by atoms with Gasteiger partial charge in [-0.2, -0.15) is 0 Å². The molecule has 0 saturated heterocycles.